The molecule has 0 radical (unpaired) electrons. The third kappa shape index (κ3) is 4.38. The first-order valence-corrected chi connectivity index (χ1v) is 7.63. The summed E-state index contributed by atoms with van der Waals surface area (Å²) in [5, 5.41) is 3.55. The van der Waals surface area contributed by atoms with Crippen LogP contribution in [0.15, 0.2) is 28.7 Å². The van der Waals surface area contributed by atoms with Crippen molar-refractivity contribution < 1.29 is 0 Å². The molecule has 1 unspecified atom stereocenters. The second kappa shape index (κ2) is 6.69. The summed E-state index contributed by atoms with van der Waals surface area (Å²) >= 11 is 3.54. The maximum Gasteiger partial charge on any atom is 0.0234 e. The van der Waals surface area contributed by atoms with Crippen LogP contribution in [0.2, 0.25) is 0 Å². The molecule has 0 spiro atoms. The summed E-state index contributed by atoms with van der Waals surface area (Å²) in [7, 11) is 0. The highest BCUT2D eigenvalue weighted by molar-refractivity contribution is 9.10. The van der Waals surface area contributed by atoms with Crippen molar-refractivity contribution in [2.45, 2.75) is 32.9 Å². The van der Waals surface area contributed by atoms with Crippen molar-refractivity contribution in [3.05, 3.63) is 34.3 Å². The predicted molar refractivity (Wildman–Crippen MR) is 80.7 cm³/mol. The number of likely N-dealkylation sites (tertiary alicyclic amines) is 1. The van der Waals surface area contributed by atoms with E-state index in [1.54, 1.807) is 0 Å². The first-order valence-electron chi connectivity index (χ1n) is 6.83. The van der Waals surface area contributed by atoms with E-state index in [0.717, 1.165) is 19.0 Å². The third-order valence-corrected chi connectivity index (χ3v) is 3.97. The second-order valence-electron chi connectivity index (χ2n) is 5.58. The van der Waals surface area contributed by atoms with Crippen LogP contribution < -0.4 is 5.32 Å². The van der Waals surface area contributed by atoms with E-state index in [9.17, 15) is 0 Å². The number of halogens is 1. The number of nitrogens with one attached hydrogen (secondary N) is 1. The van der Waals surface area contributed by atoms with Gasteiger partial charge in [0.25, 0.3) is 0 Å². The second-order valence-corrected chi connectivity index (χ2v) is 6.50. The van der Waals surface area contributed by atoms with Crippen molar-refractivity contribution in [1.82, 2.24) is 10.2 Å². The van der Waals surface area contributed by atoms with Gasteiger partial charge in [-0.25, -0.2) is 0 Å². The molecule has 1 N–H and O–H groups in total. The standard InChI is InChI=1S/C15H23BrN2/c1-12(2)17-9-14-6-7-18(11-14)10-13-4-3-5-15(16)8-13/h3-5,8,12,14,17H,6-7,9-11H2,1-2H3. The van der Waals surface area contributed by atoms with Gasteiger partial charge in [-0.2, -0.15) is 0 Å². The summed E-state index contributed by atoms with van der Waals surface area (Å²) < 4.78 is 1.18. The minimum Gasteiger partial charge on any atom is -0.314 e. The number of hydrogen-bond acceptors (Lipinski definition) is 2. The maximum absolute atomic E-state index is 3.55. The maximum atomic E-state index is 3.55. The molecule has 100 valence electrons. The average Bonchev–Trinajstić information content (AvgIpc) is 2.74. The van der Waals surface area contributed by atoms with E-state index in [1.165, 1.54) is 29.5 Å². The first kappa shape index (κ1) is 14.0. The van der Waals surface area contributed by atoms with Crippen LogP contribution in [0, 0.1) is 5.92 Å². The third-order valence-electron chi connectivity index (χ3n) is 3.48. The highest BCUT2D eigenvalue weighted by atomic mass is 79.9. The molecule has 2 nitrogen and oxygen atoms in total. The van der Waals surface area contributed by atoms with Crippen molar-refractivity contribution in [3.63, 3.8) is 0 Å². The molecule has 0 aliphatic carbocycles. The molecule has 1 saturated heterocycles. The van der Waals surface area contributed by atoms with Crippen LogP contribution in [0.1, 0.15) is 25.8 Å². The molecule has 0 amide bonds. The van der Waals surface area contributed by atoms with Crippen LogP contribution in [-0.4, -0.2) is 30.6 Å². The predicted octanol–water partition coefficient (Wildman–Crippen LogP) is 3.27. The molecular weight excluding hydrogens is 288 g/mol. The Morgan fingerprint density at radius 1 is 1.44 bits per heavy atom. The minimum absolute atomic E-state index is 0.601. The molecule has 0 bridgehead atoms. The SMILES string of the molecule is CC(C)NCC1CCN(Cc2cccc(Br)c2)C1. The summed E-state index contributed by atoms with van der Waals surface area (Å²) in [6.07, 6.45) is 1.33. The highest BCUT2D eigenvalue weighted by Gasteiger charge is 2.22. The Bertz CT molecular complexity index is 379. The van der Waals surface area contributed by atoms with Gasteiger partial charge in [-0.3, -0.25) is 4.90 Å². The van der Waals surface area contributed by atoms with Gasteiger partial charge in [-0.05, 0) is 43.1 Å². The van der Waals surface area contributed by atoms with E-state index in [4.69, 9.17) is 0 Å². The Balaban J connectivity index is 1.79. The lowest BCUT2D eigenvalue weighted by Gasteiger charge is -2.17. The lowest BCUT2D eigenvalue weighted by molar-refractivity contribution is 0.312. The fourth-order valence-corrected chi connectivity index (χ4v) is 2.97. The van der Waals surface area contributed by atoms with Gasteiger partial charge in [0.15, 0.2) is 0 Å². The van der Waals surface area contributed by atoms with E-state index >= 15 is 0 Å². The molecule has 1 aromatic rings. The Morgan fingerprint density at radius 3 is 3.00 bits per heavy atom. The quantitative estimate of drug-likeness (QED) is 0.898. The molecule has 18 heavy (non-hydrogen) atoms. The Kier molecular flexibility index (Phi) is 5.22. The summed E-state index contributed by atoms with van der Waals surface area (Å²) in [4.78, 5) is 2.56. The van der Waals surface area contributed by atoms with Gasteiger partial charge in [0, 0.05) is 23.6 Å². The normalized spacial score (nSPS) is 20.8. The van der Waals surface area contributed by atoms with Crippen LogP contribution in [-0.2, 0) is 6.54 Å². The van der Waals surface area contributed by atoms with Gasteiger partial charge in [0.05, 0.1) is 0 Å². The molecule has 1 aromatic carbocycles. The molecule has 1 aliphatic heterocycles. The monoisotopic (exact) mass is 310 g/mol. The molecule has 1 heterocycles. The summed E-state index contributed by atoms with van der Waals surface area (Å²) in [6.45, 7) is 9.13. The zero-order valence-electron chi connectivity index (χ0n) is 11.3. The van der Waals surface area contributed by atoms with Gasteiger partial charge in [0.2, 0.25) is 0 Å². The van der Waals surface area contributed by atoms with E-state index in [1.807, 2.05) is 0 Å². The topological polar surface area (TPSA) is 15.3 Å². The van der Waals surface area contributed by atoms with E-state index < -0.39 is 0 Å². The van der Waals surface area contributed by atoms with Crippen molar-refractivity contribution in [1.29, 1.82) is 0 Å². The molecule has 2 rings (SSSR count). The van der Waals surface area contributed by atoms with Crippen molar-refractivity contribution in [2.75, 3.05) is 19.6 Å². The number of nitrogens with zero attached hydrogens (tertiary/aromatic N) is 1. The van der Waals surface area contributed by atoms with E-state index in [0.29, 0.717) is 6.04 Å². The smallest absolute Gasteiger partial charge is 0.0234 e. The Labute approximate surface area is 119 Å². The molecule has 1 aliphatic rings. The average molecular weight is 311 g/mol. The molecule has 0 aromatic heterocycles. The molecule has 0 saturated carbocycles. The van der Waals surface area contributed by atoms with Crippen LogP contribution >= 0.6 is 15.9 Å². The summed E-state index contributed by atoms with van der Waals surface area (Å²) in [5.74, 6) is 0.819. The molecule has 1 fully saturated rings. The Hall–Kier alpha value is -0.380. The van der Waals surface area contributed by atoms with Gasteiger partial charge in [-0.15, -0.1) is 0 Å². The van der Waals surface area contributed by atoms with Crippen LogP contribution in [0.5, 0.6) is 0 Å². The fourth-order valence-electron chi connectivity index (χ4n) is 2.52. The zero-order valence-corrected chi connectivity index (χ0v) is 12.9. The van der Waals surface area contributed by atoms with Crippen molar-refractivity contribution in [3.8, 4) is 0 Å². The van der Waals surface area contributed by atoms with Crippen LogP contribution in [0.3, 0.4) is 0 Å². The van der Waals surface area contributed by atoms with Crippen molar-refractivity contribution >= 4 is 15.9 Å². The minimum atomic E-state index is 0.601. The van der Waals surface area contributed by atoms with E-state index in [-0.39, 0.29) is 0 Å². The lowest BCUT2D eigenvalue weighted by atomic mass is 10.1. The molecule has 1 atom stereocenters. The van der Waals surface area contributed by atoms with Gasteiger partial charge in [0.1, 0.15) is 0 Å². The number of hydrogen-bond donors (Lipinski definition) is 1. The van der Waals surface area contributed by atoms with Crippen LogP contribution in [0.4, 0.5) is 0 Å². The van der Waals surface area contributed by atoms with Gasteiger partial charge in [-0.1, -0.05) is 41.9 Å². The number of benzene rings is 1. The van der Waals surface area contributed by atoms with Gasteiger partial charge >= 0.3 is 0 Å². The summed E-state index contributed by atoms with van der Waals surface area (Å²) in [5.41, 5.74) is 1.40. The van der Waals surface area contributed by atoms with Crippen LogP contribution in [0.25, 0.3) is 0 Å². The van der Waals surface area contributed by atoms with E-state index in [2.05, 4.69) is 64.3 Å². The fraction of sp³-hybridized carbons (Fsp3) is 0.600. The number of rotatable bonds is 5. The molecular formula is C15H23BrN2. The van der Waals surface area contributed by atoms with Crippen molar-refractivity contribution in [2.24, 2.45) is 5.92 Å². The Morgan fingerprint density at radius 2 is 2.28 bits per heavy atom. The molecule has 3 heteroatoms. The first-order chi connectivity index (χ1) is 8.63. The highest BCUT2D eigenvalue weighted by Crippen LogP contribution is 2.19. The zero-order chi connectivity index (χ0) is 13.0. The summed E-state index contributed by atoms with van der Waals surface area (Å²) in [6, 6.07) is 9.24. The largest absolute Gasteiger partial charge is 0.314 e. The van der Waals surface area contributed by atoms with Gasteiger partial charge < -0.3 is 5.32 Å². The lowest BCUT2D eigenvalue weighted by Crippen LogP contribution is -2.30.